The fourth-order valence-corrected chi connectivity index (χ4v) is 3.66. The number of halogens is 1. The van der Waals surface area contributed by atoms with E-state index in [0.717, 1.165) is 29.2 Å². The summed E-state index contributed by atoms with van der Waals surface area (Å²) in [6.07, 6.45) is 0. The number of nitrogens with two attached hydrogens (primary N) is 2. The van der Waals surface area contributed by atoms with E-state index in [0.29, 0.717) is 33.8 Å². The molecule has 1 aliphatic carbocycles. The van der Waals surface area contributed by atoms with Crippen molar-refractivity contribution in [2.75, 3.05) is 18.8 Å². The molecule has 1 aliphatic heterocycles. The van der Waals surface area contributed by atoms with Crippen molar-refractivity contribution in [2.45, 2.75) is 13.8 Å². The SMILES string of the molecule is CC[N+](CC)=c1ccc2nc3c(cc(N)c4ccccc43)oc-2c1C(=O)NN.[Cl-]. The first-order valence-corrected chi connectivity index (χ1v) is 9.22. The number of anilines is 1. The van der Waals surface area contributed by atoms with Crippen LogP contribution in [0.5, 0.6) is 0 Å². The summed E-state index contributed by atoms with van der Waals surface area (Å²) in [7, 11) is 0. The van der Waals surface area contributed by atoms with Crippen LogP contribution in [0.1, 0.15) is 24.2 Å². The molecule has 0 spiro atoms. The lowest BCUT2D eigenvalue weighted by Gasteiger charge is -2.13. The van der Waals surface area contributed by atoms with Gasteiger partial charge in [-0.25, -0.2) is 15.4 Å². The van der Waals surface area contributed by atoms with E-state index in [1.165, 1.54) is 0 Å². The average Bonchev–Trinajstić information content (AvgIpc) is 2.73. The van der Waals surface area contributed by atoms with Crippen molar-refractivity contribution in [3.63, 3.8) is 0 Å². The highest BCUT2D eigenvalue weighted by Gasteiger charge is 2.25. The summed E-state index contributed by atoms with van der Waals surface area (Å²) in [5.74, 6) is 5.42. The molecular weight excluding hydrogens is 390 g/mol. The lowest BCUT2D eigenvalue weighted by molar-refractivity contribution is -0.0000146. The van der Waals surface area contributed by atoms with Gasteiger partial charge in [-0.15, -0.1) is 0 Å². The Hall–Kier alpha value is -3.16. The van der Waals surface area contributed by atoms with E-state index < -0.39 is 5.91 Å². The summed E-state index contributed by atoms with van der Waals surface area (Å²) >= 11 is 0. The zero-order chi connectivity index (χ0) is 19.8. The number of carbonyl (C=O) groups excluding carboxylic acids is 1. The summed E-state index contributed by atoms with van der Waals surface area (Å²) in [4.78, 5) is 17.4. The van der Waals surface area contributed by atoms with E-state index in [1.54, 1.807) is 6.07 Å². The maximum atomic E-state index is 12.6. The summed E-state index contributed by atoms with van der Waals surface area (Å²) in [5.41, 5.74) is 11.2. The van der Waals surface area contributed by atoms with Gasteiger partial charge in [0.2, 0.25) is 5.36 Å². The van der Waals surface area contributed by atoms with Gasteiger partial charge < -0.3 is 22.6 Å². The fraction of sp³-hybridized carbons (Fsp3) is 0.190. The quantitative estimate of drug-likeness (QED) is 0.0768. The number of aromatic nitrogens is 1. The van der Waals surface area contributed by atoms with E-state index in [1.807, 2.05) is 50.2 Å². The molecular formula is C21H22ClN5O2. The molecule has 0 unspecified atom stereocenters. The number of nitrogens with zero attached hydrogens (tertiary/aromatic N) is 2. The maximum absolute atomic E-state index is 12.6. The number of nitrogen functional groups attached to an aromatic ring is 2. The number of nitrogens with one attached hydrogen (secondary N) is 1. The molecule has 0 bridgehead atoms. The second-order valence-corrected chi connectivity index (χ2v) is 6.53. The Morgan fingerprint density at radius 2 is 1.83 bits per heavy atom. The van der Waals surface area contributed by atoms with Crippen LogP contribution in [0.4, 0.5) is 5.69 Å². The highest BCUT2D eigenvalue weighted by Crippen LogP contribution is 2.33. The third kappa shape index (κ3) is 3.28. The smallest absolute Gasteiger partial charge is 0.275 e. The minimum Gasteiger partial charge on any atom is -1.00 e. The van der Waals surface area contributed by atoms with Gasteiger partial charge in [-0.3, -0.25) is 10.2 Å². The molecule has 2 aromatic rings. The van der Waals surface area contributed by atoms with Crippen LogP contribution in [0.25, 0.3) is 33.3 Å². The zero-order valence-corrected chi connectivity index (χ0v) is 17.0. The van der Waals surface area contributed by atoms with Crippen molar-refractivity contribution < 1.29 is 21.6 Å². The van der Waals surface area contributed by atoms with Gasteiger partial charge in [0.25, 0.3) is 5.91 Å². The molecule has 0 saturated carbocycles. The van der Waals surface area contributed by atoms with E-state index in [4.69, 9.17) is 21.0 Å². The number of benzene rings is 3. The number of hydrogen-bond acceptors (Lipinski definition) is 5. The summed E-state index contributed by atoms with van der Waals surface area (Å²) in [6, 6.07) is 13.3. The van der Waals surface area contributed by atoms with Gasteiger partial charge in [-0.1, -0.05) is 24.3 Å². The minimum atomic E-state index is -0.425. The van der Waals surface area contributed by atoms with Crippen molar-refractivity contribution in [1.29, 1.82) is 0 Å². The number of amides is 1. The van der Waals surface area contributed by atoms with Gasteiger partial charge in [0.1, 0.15) is 24.3 Å². The first-order valence-electron chi connectivity index (χ1n) is 9.22. The van der Waals surface area contributed by atoms with Crippen LogP contribution in [-0.2, 0) is 0 Å². The summed E-state index contributed by atoms with van der Waals surface area (Å²) in [5, 5.41) is 2.57. The number of fused-ring (bicyclic) bond motifs is 4. The van der Waals surface area contributed by atoms with E-state index >= 15 is 0 Å². The van der Waals surface area contributed by atoms with Crippen molar-refractivity contribution in [3.8, 4) is 11.5 Å². The standard InChI is InChI=1S/C21H21N5O2.ClH/c1-3-26(4-2)16-10-9-15-20(18(16)21(27)25-23)28-17-11-14(22)12-7-5-6-8-13(12)19(17)24-15;/h5-11H,3-4H2,1-2H3,(H4,22,23,24,25,27);1H. The molecule has 0 fully saturated rings. The van der Waals surface area contributed by atoms with Gasteiger partial charge >= 0.3 is 0 Å². The van der Waals surface area contributed by atoms with Gasteiger partial charge in [0.15, 0.2) is 16.9 Å². The first kappa shape index (κ1) is 20.6. The molecule has 0 saturated heterocycles. The molecule has 0 radical (unpaired) electrons. The van der Waals surface area contributed by atoms with Gasteiger partial charge in [-0.2, -0.15) is 0 Å². The molecule has 29 heavy (non-hydrogen) atoms. The lowest BCUT2D eigenvalue weighted by Crippen LogP contribution is -3.00. The maximum Gasteiger partial charge on any atom is 0.275 e. The van der Waals surface area contributed by atoms with E-state index in [-0.39, 0.29) is 12.4 Å². The molecule has 8 heteroatoms. The van der Waals surface area contributed by atoms with Crippen molar-refractivity contribution in [3.05, 3.63) is 53.4 Å². The number of carbonyl (C=O) groups is 1. The summed E-state index contributed by atoms with van der Waals surface area (Å²) in [6.45, 7) is 5.54. The molecule has 7 nitrogen and oxygen atoms in total. The van der Waals surface area contributed by atoms with Gasteiger partial charge in [-0.05, 0) is 19.9 Å². The average molecular weight is 412 g/mol. The third-order valence-electron chi connectivity index (χ3n) is 5.03. The Labute approximate surface area is 173 Å². The Bertz CT molecular complexity index is 1260. The second-order valence-electron chi connectivity index (χ2n) is 6.53. The lowest BCUT2D eigenvalue weighted by atomic mass is 10.0. The van der Waals surface area contributed by atoms with Gasteiger partial charge in [0, 0.05) is 28.6 Å². The predicted molar refractivity (Wildman–Crippen MR) is 111 cm³/mol. The largest absolute Gasteiger partial charge is 1.00 e. The van der Waals surface area contributed by atoms with Crippen molar-refractivity contribution >= 4 is 33.5 Å². The van der Waals surface area contributed by atoms with Gasteiger partial charge in [0.05, 0.1) is 0 Å². The van der Waals surface area contributed by atoms with Crippen LogP contribution in [0.3, 0.4) is 0 Å². The van der Waals surface area contributed by atoms with Crippen LogP contribution < -0.4 is 39.3 Å². The molecule has 0 aromatic heterocycles. The molecule has 5 N–H and O–H groups in total. The minimum absolute atomic E-state index is 0. The first-order chi connectivity index (χ1) is 13.6. The summed E-state index contributed by atoms with van der Waals surface area (Å²) < 4.78 is 8.25. The Morgan fingerprint density at radius 1 is 1.14 bits per heavy atom. The monoisotopic (exact) mass is 411 g/mol. The molecule has 2 aromatic carbocycles. The molecule has 0 atom stereocenters. The zero-order valence-electron chi connectivity index (χ0n) is 16.2. The number of hydrogen-bond donors (Lipinski definition) is 3. The highest BCUT2D eigenvalue weighted by molar-refractivity contribution is 6.10. The molecule has 4 rings (SSSR count). The Kier molecular flexibility index (Phi) is 5.72. The normalized spacial score (nSPS) is 10.9. The van der Waals surface area contributed by atoms with Crippen LogP contribution in [-0.4, -0.2) is 24.0 Å². The van der Waals surface area contributed by atoms with Crippen LogP contribution in [0, 0.1) is 0 Å². The second kappa shape index (κ2) is 8.06. The highest BCUT2D eigenvalue weighted by atomic mass is 35.5. The molecule has 1 heterocycles. The third-order valence-corrected chi connectivity index (χ3v) is 5.03. The Balaban J connectivity index is 0.00000240. The fourth-order valence-electron chi connectivity index (χ4n) is 3.66. The number of rotatable bonds is 3. The van der Waals surface area contributed by atoms with Crippen molar-refractivity contribution in [2.24, 2.45) is 5.84 Å². The topological polar surface area (TPSA) is 110 Å². The van der Waals surface area contributed by atoms with Crippen LogP contribution >= 0.6 is 0 Å². The van der Waals surface area contributed by atoms with E-state index in [9.17, 15) is 4.79 Å². The predicted octanol–water partition coefficient (Wildman–Crippen LogP) is -0.912. The van der Waals surface area contributed by atoms with Crippen molar-refractivity contribution in [1.82, 2.24) is 15.0 Å². The number of hydrazine groups is 1. The molecule has 2 aliphatic rings. The molecule has 1 amide bonds. The van der Waals surface area contributed by atoms with E-state index in [2.05, 4.69) is 10.0 Å². The van der Waals surface area contributed by atoms with Crippen LogP contribution in [0.15, 0.2) is 46.9 Å². The van der Waals surface area contributed by atoms with Crippen LogP contribution in [0.2, 0.25) is 0 Å². The molecule has 150 valence electrons. The Morgan fingerprint density at radius 3 is 2.48 bits per heavy atom.